The van der Waals surface area contributed by atoms with E-state index in [9.17, 15) is 4.79 Å². The molecule has 0 atom stereocenters. The third-order valence-electron chi connectivity index (χ3n) is 4.53. The van der Waals surface area contributed by atoms with Gasteiger partial charge in [0, 0.05) is 29.4 Å². The van der Waals surface area contributed by atoms with Crippen molar-refractivity contribution in [2.45, 2.75) is 44.9 Å². The van der Waals surface area contributed by atoms with E-state index in [1.54, 1.807) is 0 Å². The summed E-state index contributed by atoms with van der Waals surface area (Å²) >= 11 is 0. The van der Waals surface area contributed by atoms with Gasteiger partial charge in [0.25, 0.3) is 0 Å². The maximum atomic E-state index is 12.7. The Balaban J connectivity index is 1.81. The Morgan fingerprint density at radius 1 is 1.16 bits per heavy atom. The van der Waals surface area contributed by atoms with Gasteiger partial charge in [-0.3, -0.25) is 4.79 Å². The highest BCUT2D eigenvalue weighted by molar-refractivity contribution is 5.97. The molecule has 1 aromatic rings. The second-order valence-corrected chi connectivity index (χ2v) is 5.77. The second kappa shape index (κ2) is 5.24. The molecule has 0 spiro atoms. The first kappa shape index (κ1) is 12.5. The summed E-state index contributed by atoms with van der Waals surface area (Å²) in [6.45, 7) is 0.804. The summed E-state index contributed by atoms with van der Waals surface area (Å²) in [5.74, 6) is 0.557. The summed E-state index contributed by atoms with van der Waals surface area (Å²) in [7, 11) is 0. The van der Waals surface area contributed by atoms with Gasteiger partial charge in [-0.15, -0.1) is 0 Å². The molecule has 0 unspecified atom stereocenters. The summed E-state index contributed by atoms with van der Waals surface area (Å²) in [6.07, 6.45) is 8.00. The number of hydrogen-bond acceptors (Lipinski definition) is 2. The molecule has 3 heteroatoms. The summed E-state index contributed by atoms with van der Waals surface area (Å²) < 4.78 is 0. The van der Waals surface area contributed by atoms with Crippen molar-refractivity contribution in [1.29, 1.82) is 0 Å². The fraction of sp³-hybridized carbons (Fsp3) is 0.562. The largest absolute Gasteiger partial charge is 0.398 e. The minimum absolute atomic E-state index is 0.231. The monoisotopic (exact) mass is 258 g/mol. The minimum Gasteiger partial charge on any atom is -0.398 e. The first-order valence-electron chi connectivity index (χ1n) is 7.46. The van der Waals surface area contributed by atoms with Gasteiger partial charge in [0.15, 0.2) is 0 Å². The zero-order chi connectivity index (χ0) is 13.2. The van der Waals surface area contributed by atoms with Gasteiger partial charge in [0.05, 0.1) is 0 Å². The average Bonchev–Trinajstić information content (AvgIpc) is 2.67. The van der Waals surface area contributed by atoms with Crippen LogP contribution < -0.4 is 10.6 Å². The van der Waals surface area contributed by atoms with E-state index in [2.05, 4.69) is 0 Å². The van der Waals surface area contributed by atoms with E-state index in [1.807, 2.05) is 23.1 Å². The molecule has 0 radical (unpaired) electrons. The maximum absolute atomic E-state index is 12.7. The first-order chi connectivity index (χ1) is 9.27. The molecule has 0 bridgehead atoms. The molecular formula is C16H22N2O. The van der Waals surface area contributed by atoms with E-state index >= 15 is 0 Å². The van der Waals surface area contributed by atoms with Crippen LogP contribution in [-0.4, -0.2) is 12.5 Å². The number of amides is 1. The van der Waals surface area contributed by atoms with E-state index in [1.165, 1.54) is 25.7 Å². The normalized spacial score (nSPS) is 20.1. The summed E-state index contributed by atoms with van der Waals surface area (Å²) in [5.41, 5.74) is 9.03. The van der Waals surface area contributed by atoms with Gasteiger partial charge in [0.1, 0.15) is 0 Å². The highest BCUT2D eigenvalue weighted by Gasteiger charge is 2.30. The molecule has 2 N–H and O–H groups in total. The highest BCUT2D eigenvalue weighted by Crippen LogP contribution is 2.35. The van der Waals surface area contributed by atoms with Crippen molar-refractivity contribution in [2.24, 2.45) is 5.92 Å². The molecule has 1 saturated carbocycles. The lowest BCUT2D eigenvalue weighted by Crippen LogP contribution is -2.34. The fourth-order valence-corrected chi connectivity index (χ4v) is 3.44. The number of hydrogen-bond donors (Lipinski definition) is 1. The van der Waals surface area contributed by atoms with Crippen LogP contribution in [0.4, 0.5) is 11.4 Å². The molecule has 1 amide bonds. The molecule has 1 aliphatic carbocycles. The standard InChI is InChI=1S/C16H22N2O/c17-14-8-5-9-15-13(14)10-11-18(15)16(19)12-6-3-1-2-4-7-12/h5,8-9,12H,1-4,6-7,10-11,17H2. The van der Waals surface area contributed by atoms with Gasteiger partial charge in [-0.2, -0.15) is 0 Å². The Morgan fingerprint density at radius 2 is 1.89 bits per heavy atom. The summed E-state index contributed by atoms with van der Waals surface area (Å²) in [6, 6.07) is 5.92. The number of nitrogens with zero attached hydrogens (tertiary/aromatic N) is 1. The zero-order valence-electron chi connectivity index (χ0n) is 11.4. The van der Waals surface area contributed by atoms with Gasteiger partial charge < -0.3 is 10.6 Å². The Labute approximate surface area is 114 Å². The lowest BCUT2D eigenvalue weighted by molar-refractivity contribution is -0.122. The van der Waals surface area contributed by atoms with Gasteiger partial charge in [-0.1, -0.05) is 31.7 Å². The Hall–Kier alpha value is -1.51. The number of rotatable bonds is 1. The molecule has 102 valence electrons. The Kier molecular flexibility index (Phi) is 3.45. The number of nitrogens with two attached hydrogens (primary N) is 1. The van der Waals surface area contributed by atoms with Crippen LogP contribution in [0.5, 0.6) is 0 Å². The average molecular weight is 258 g/mol. The number of carbonyl (C=O) groups excluding carboxylic acids is 1. The molecule has 2 aliphatic rings. The van der Waals surface area contributed by atoms with Crippen molar-refractivity contribution in [1.82, 2.24) is 0 Å². The number of anilines is 2. The maximum Gasteiger partial charge on any atom is 0.230 e. The predicted molar refractivity (Wildman–Crippen MR) is 78.1 cm³/mol. The SMILES string of the molecule is Nc1cccc2c1CCN2C(=O)C1CCCCCC1. The van der Waals surface area contributed by atoms with Crippen molar-refractivity contribution < 1.29 is 4.79 Å². The van der Waals surface area contributed by atoms with Gasteiger partial charge in [-0.05, 0) is 31.4 Å². The molecule has 1 aromatic carbocycles. The summed E-state index contributed by atoms with van der Waals surface area (Å²) in [4.78, 5) is 14.7. The fourth-order valence-electron chi connectivity index (χ4n) is 3.44. The lowest BCUT2D eigenvalue weighted by atomic mass is 9.98. The van der Waals surface area contributed by atoms with Crippen LogP contribution >= 0.6 is 0 Å². The summed E-state index contributed by atoms with van der Waals surface area (Å²) in [5, 5.41) is 0. The smallest absolute Gasteiger partial charge is 0.230 e. The van der Waals surface area contributed by atoms with Crippen LogP contribution in [0.25, 0.3) is 0 Å². The molecule has 0 saturated heterocycles. The molecule has 0 aromatic heterocycles. The quantitative estimate of drug-likeness (QED) is 0.621. The van der Waals surface area contributed by atoms with Crippen LogP contribution in [0.15, 0.2) is 18.2 Å². The highest BCUT2D eigenvalue weighted by atomic mass is 16.2. The van der Waals surface area contributed by atoms with Crippen molar-refractivity contribution >= 4 is 17.3 Å². The molecule has 1 fully saturated rings. The molecule has 3 rings (SSSR count). The van der Waals surface area contributed by atoms with Crippen molar-refractivity contribution in [3.8, 4) is 0 Å². The zero-order valence-corrected chi connectivity index (χ0v) is 11.4. The Morgan fingerprint density at radius 3 is 2.63 bits per heavy atom. The number of benzene rings is 1. The van der Waals surface area contributed by atoms with Crippen molar-refractivity contribution in [3.63, 3.8) is 0 Å². The van der Waals surface area contributed by atoms with Gasteiger partial charge in [-0.25, -0.2) is 0 Å². The van der Waals surface area contributed by atoms with Crippen LogP contribution in [-0.2, 0) is 11.2 Å². The van der Waals surface area contributed by atoms with Crippen LogP contribution in [0, 0.1) is 5.92 Å². The topological polar surface area (TPSA) is 46.3 Å². The predicted octanol–water partition coefficient (Wildman–Crippen LogP) is 3.13. The van der Waals surface area contributed by atoms with E-state index in [-0.39, 0.29) is 5.92 Å². The van der Waals surface area contributed by atoms with Crippen molar-refractivity contribution in [3.05, 3.63) is 23.8 Å². The van der Waals surface area contributed by atoms with Crippen LogP contribution in [0.1, 0.15) is 44.1 Å². The second-order valence-electron chi connectivity index (χ2n) is 5.77. The number of carbonyl (C=O) groups is 1. The van der Waals surface area contributed by atoms with Gasteiger partial charge >= 0.3 is 0 Å². The molecule has 1 aliphatic heterocycles. The van der Waals surface area contributed by atoms with Crippen molar-refractivity contribution in [2.75, 3.05) is 17.2 Å². The van der Waals surface area contributed by atoms with E-state index in [0.717, 1.165) is 42.7 Å². The van der Waals surface area contributed by atoms with Crippen LogP contribution in [0.2, 0.25) is 0 Å². The number of nitrogen functional groups attached to an aromatic ring is 1. The van der Waals surface area contributed by atoms with E-state index in [4.69, 9.17) is 5.73 Å². The lowest BCUT2D eigenvalue weighted by Gasteiger charge is -2.23. The Bertz CT molecular complexity index is 476. The molecule has 1 heterocycles. The number of fused-ring (bicyclic) bond motifs is 1. The van der Waals surface area contributed by atoms with Gasteiger partial charge in [0.2, 0.25) is 5.91 Å². The third kappa shape index (κ3) is 2.34. The van der Waals surface area contributed by atoms with Crippen LogP contribution in [0.3, 0.4) is 0 Å². The molecular weight excluding hydrogens is 236 g/mol. The third-order valence-corrected chi connectivity index (χ3v) is 4.53. The molecule has 19 heavy (non-hydrogen) atoms. The van der Waals surface area contributed by atoms with E-state index in [0.29, 0.717) is 5.91 Å². The first-order valence-corrected chi connectivity index (χ1v) is 7.46. The minimum atomic E-state index is 0.231. The van der Waals surface area contributed by atoms with E-state index < -0.39 is 0 Å². The molecule has 3 nitrogen and oxygen atoms in total.